The Morgan fingerprint density at radius 2 is 1.85 bits per heavy atom. The van der Waals surface area contributed by atoms with Crippen LogP contribution in [-0.2, 0) is 15.9 Å². The van der Waals surface area contributed by atoms with Crippen LogP contribution in [0.15, 0.2) is 30.3 Å². The lowest BCUT2D eigenvalue weighted by Gasteiger charge is -2.32. The van der Waals surface area contributed by atoms with Gasteiger partial charge in [0.05, 0.1) is 5.92 Å². The van der Waals surface area contributed by atoms with Gasteiger partial charge in [0.2, 0.25) is 0 Å². The number of rotatable bonds is 9. The normalized spacial score (nSPS) is 16.2. The second kappa shape index (κ2) is 14.4. The van der Waals surface area contributed by atoms with Gasteiger partial charge in [-0.2, -0.15) is 0 Å². The number of hydrogen-bond donors (Lipinski definition) is 0. The quantitative estimate of drug-likeness (QED) is 0.568. The monoisotopic (exact) mass is 399 g/mol. The van der Waals surface area contributed by atoms with Gasteiger partial charge < -0.3 is 9.55 Å². The highest BCUT2D eigenvalue weighted by molar-refractivity contribution is 6.05. The van der Waals surface area contributed by atoms with E-state index in [1.165, 1.54) is 24.8 Å². The number of nitrogens with zero attached hydrogens (tertiary/aromatic N) is 1. The summed E-state index contributed by atoms with van der Waals surface area (Å²) in [6, 6.07) is 10.8. The van der Waals surface area contributed by atoms with Gasteiger partial charge in [-0.25, -0.2) is 0 Å². The Labute approximate surface area is 172 Å². The van der Waals surface area contributed by atoms with Crippen LogP contribution in [0.4, 0.5) is 0 Å². The van der Waals surface area contributed by atoms with E-state index in [1.54, 1.807) is 0 Å². The van der Waals surface area contributed by atoms with E-state index in [1.807, 2.05) is 0 Å². The van der Waals surface area contributed by atoms with E-state index in [2.05, 4.69) is 46.8 Å². The molecule has 146 valence electrons. The summed E-state index contributed by atoms with van der Waals surface area (Å²) >= 11 is 0. The van der Waals surface area contributed by atoms with E-state index < -0.39 is 0 Å². The molecule has 3 nitrogen and oxygen atoms in total. The number of unbranched alkanes of at least 4 members (excludes halogenated alkanes) is 1. The Bertz CT molecular complexity index is 482. The van der Waals surface area contributed by atoms with Gasteiger partial charge in [-0.15, -0.1) is 24.8 Å². The second-order valence-electron chi connectivity index (χ2n) is 7.04. The molecule has 1 aromatic carbocycles. The fraction of sp³-hybridized carbons (Fsp3) is 0.650. The number of hydrogen-bond acceptors (Lipinski definition) is 3. The summed E-state index contributed by atoms with van der Waals surface area (Å²) in [5.74, 6) is 0.493. The van der Waals surface area contributed by atoms with Crippen molar-refractivity contribution in [3.8, 4) is 0 Å². The molecule has 0 bridgehead atoms. The molecule has 1 saturated heterocycles. The van der Waals surface area contributed by atoms with Gasteiger partial charge in [0.15, 0.2) is 0 Å². The molecular weight excluding hydrogens is 368 g/mol. The molecule has 1 heterocycles. The van der Waals surface area contributed by atoms with Crippen LogP contribution in [0.25, 0.3) is 0 Å². The van der Waals surface area contributed by atoms with Crippen molar-refractivity contribution in [2.24, 2.45) is 11.8 Å². The van der Waals surface area contributed by atoms with Gasteiger partial charge >= 0.3 is 8.05 Å². The molecule has 0 aliphatic carbocycles. The zero-order valence-electron chi connectivity index (χ0n) is 15.8. The van der Waals surface area contributed by atoms with Crippen LogP contribution in [0, 0.1) is 11.8 Å². The predicted octanol–water partition coefficient (Wildman–Crippen LogP) is 4.61. The first-order valence-electron chi connectivity index (χ1n) is 9.39. The number of piperidine rings is 1. The number of benzene rings is 1. The van der Waals surface area contributed by atoms with Crippen LogP contribution in [0.3, 0.4) is 0 Å². The molecule has 26 heavy (non-hydrogen) atoms. The highest BCUT2D eigenvalue weighted by Gasteiger charge is 2.22. The van der Waals surface area contributed by atoms with E-state index in [4.69, 9.17) is 8.05 Å². The topological polar surface area (TPSA) is 29.5 Å². The first kappa shape index (κ1) is 25.3. The molecule has 1 atom stereocenters. The minimum atomic E-state index is -0.248. The van der Waals surface area contributed by atoms with Gasteiger partial charge in [-0.1, -0.05) is 50.1 Å². The Balaban J connectivity index is 0.00000312. The van der Waals surface area contributed by atoms with Crippen molar-refractivity contribution in [1.29, 1.82) is 0 Å². The molecule has 6 heteroatoms. The van der Waals surface area contributed by atoms with E-state index >= 15 is 0 Å². The number of halogens is 2. The summed E-state index contributed by atoms with van der Waals surface area (Å²) in [6.45, 7) is 5.38. The van der Waals surface area contributed by atoms with Crippen molar-refractivity contribution in [1.82, 2.24) is 4.90 Å². The van der Waals surface area contributed by atoms with Crippen molar-refractivity contribution in [2.45, 2.75) is 51.9 Å². The maximum Gasteiger partial charge on any atom is 0.378 e. The third-order valence-corrected chi connectivity index (χ3v) is 5.22. The van der Waals surface area contributed by atoms with Crippen LogP contribution in [0.2, 0.25) is 0 Å². The molecule has 0 amide bonds. The zero-order valence-corrected chi connectivity index (χ0v) is 17.4. The third kappa shape index (κ3) is 8.79. The van der Waals surface area contributed by atoms with Crippen LogP contribution in [0.1, 0.15) is 51.0 Å². The van der Waals surface area contributed by atoms with E-state index in [9.17, 15) is 4.79 Å². The first-order chi connectivity index (χ1) is 11.7. The first-order valence-corrected chi connectivity index (χ1v) is 9.39. The van der Waals surface area contributed by atoms with Gasteiger partial charge in [-0.05, 0) is 63.2 Å². The van der Waals surface area contributed by atoms with Crippen molar-refractivity contribution >= 4 is 38.8 Å². The molecule has 0 N–H and O–H groups in total. The lowest BCUT2D eigenvalue weighted by Crippen LogP contribution is -2.36. The number of likely N-dealkylation sites (tertiary alicyclic amines) is 1. The number of carbonyl (C=O) groups excluding carboxylic acids is 1. The summed E-state index contributed by atoms with van der Waals surface area (Å²) in [4.78, 5) is 14.3. The summed E-state index contributed by atoms with van der Waals surface area (Å²) in [6.07, 6.45) is 7.58. The molecule has 1 aliphatic rings. The molecule has 1 aliphatic heterocycles. The lowest BCUT2D eigenvalue weighted by molar-refractivity contribution is -0.139. The molecule has 0 saturated carbocycles. The minimum absolute atomic E-state index is 0. The Morgan fingerprint density at radius 1 is 1.19 bits per heavy atom. The largest absolute Gasteiger partial charge is 0.543 e. The summed E-state index contributed by atoms with van der Waals surface area (Å²) < 4.78 is 4.48. The fourth-order valence-corrected chi connectivity index (χ4v) is 3.63. The van der Waals surface area contributed by atoms with Gasteiger partial charge in [0, 0.05) is 0 Å². The van der Waals surface area contributed by atoms with Crippen molar-refractivity contribution in [3.63, 3.8) is 0 Å². The van der Waals surface area contributed by atoms with Gasteiger partial charge in [-0.3, -0.25) is 4.79 Å². The van der Waals surface area contributed by atoms with Crippen LogP contribution < -0.4 is 0 Å². The maximum atomic E-state index is 11.8. The van der Waals surface area contributed by atoms with E-state index in [0.29, 0.717) is 0 Å². The average molecular weight is 400 g/mol. The highest BCUT2D eigenvalue weighted by Crippen LogP contribution is 2.23. The SMILES string of the molecule is Cl.Cl.[B]OC(=O)C(CCCC)CCN1CCC(Cc2ccccc2)CC1. The molecule has 1 unspecified atom stereocenters. The summed E-state index contributed by atoms with van der Waals surface area (Å²) in [5, 5.41) is 0. The van der Waals surface area contributed by atoms with E-state index in [0.717, 1.165) is 51.2 Å². The predicted molar refractivity (Wildman–Crippen MR) is 113 cm³/mol. The Morgan fingerprint density at radius 3 is 2.42 bits per heavy atom. The highest BCUT2D eigenvalue weighted by atomic mass is 35.5. The van der Waals surface area contributed by atoms with E-state index in [-0.39, 0.29) is 36.7 Å². The Hall–Kier alpha value is -0.705. The zero-order chi connectivity index (χ0) is 17.2. The van der Waals surface area contributed by atoms with Crippen LogP contribution in [-0.4, -0.2) is 38.6 Å². The van der Waals surface area contributed by atoms with Crippen molar-refractivity contribution < 1.29 is 9.45 Å². The molecule has 2 rings (SSSR count). The summed E-state index contributed by atoms with van der Waals surface area (Å²) in [7, 11) is 5.08. The van der Waals surface area contributed by atoms with Crippen molar-refractivity contribution in [3.05, 3.63) is 35.9 Å². The molecule has 0 spiro atoms. The molecule has 1 fully saturated rings. The van der Waals surface area contributed by atoms with Crippen LogP contribution >= 0.6 is 24.8 Å². The van der Waals surface area contributed by atoms with Crippen LogP contribution in [0.5, 0.6) is 0 Å². The molecule has 1 aromatic rings. The standard InChI is InChI=1S/C20H30BNO2.2ClH/c1-2-3-9-19(20(23)24-21)12-15-22-13-10-18(11-14-22)16-17-7-5-4-6-8-17;;/h4-8,18-19H,2-3,9-16H2,1H3;2*1H. The molecule has 2 radical (unpaired) electrons. The van der Waals surface area contributed by atoms with Crippen molar-refractivity contribution in [2.75, 3.05) is 19.6 Å². The second-order valence-corrected chi connectivity index (χ2v) is 7.04. The third-order valence-electron chi connectivity index (χ3n) is 5.22. The Kier molecular flexibility index (Phi) is 14.0. The number of carbonyl (C=O) groups is 1. The van der Waals surface area contributed by atoms with Gasteiger partial charge in [0.1, 0.15) is 0 Å². The minimum Gasteiger partial charge on any atom is -0.543 e. The maximum absolute atomic E-state index is 11.8. The smallest absolute Gasteiger partial charge is 0.378 e. The summed E-state index contributed by atoms with van der Waals surface area (Å²) in [5.41, 5.74) is 1.45. The van der Waals surface area contributed by atoms with Gasteiger partial charge in [0.25, 0.3) is 5.97 Å². The molecule has 0 aromatic heterocycles. The average Bonchev–Trinajstić information content (AvgIpc) is 2.63. The fourth-order valence-electron chi connectivity index (χ4n) is 3.63. The lowest BCUT2D eigenvalue weighted by atomic mass is 9.89. The molecular formula is C20H32BCl2NO2.